The number of carbonyl (C=O) groups excluding carboxylic acids is 1. The Bertz CT molecular complexity index is 1950. The average molecular weight is 806 g/mol. The van der Waals surface area contributed by atoms with Crippen LogP contribution in [0.1, 0.15) is 54.9 Å². The van der Waals surface area contributed by atoms with Crippen molar-refractivity contribution >= 4 is 22.9 Å². The van der Waals surface area contributed by atoms with Crippen LogP contribution in [-0.2, 0) is 41.4 Å². The number of benzene rings is 3. The normalized spacial score (nSPS) is 18.4. The Morgan fingerprint density at radius 1 is 0.860 bits per heavy atom. The highest BCUT2D eigenvalue weighted by atomic mass is 19.4. The summed E-state index contributed by atoms with van der Waals surface area (Å²) in [6.07, 6.45) is -8.20. The third-order valence-electron chi connectivity index (χ3n) is 10.9. The second kappa shape index (κ2) is 17.4. The van der Waals surface area contributed by atoms with Gasteiger partial charge < -0.3 is 38.6 Å². The molecule has 1 aromatic heterocycles. The molecule has 57 heavy (non-hydrogen) atoms. The van der Waals surface area contributed by atoms with Crippen LogP contribution < -0.4 is 19.5 Å². The Morgan fingerprint density at radius 2 is 1.51 bits per heavy atom. The van der Waals surface area contributed by atoms with Crippen molar-refractivity contribution in [3.63, 3.8) is 0 Å². The molecule has 16 heteroatoms. The molecule has 3 aromatic carbocycles. The third kappa shape index (κ3) is 9.89. The summed E-state index contributed by atoms with van der Waals surface area (Å²) in [5.41, 5.74) is -1.25. The number of rotatable bonds is 16. The second-order valence-corrected chi connectivity index (χ2v) is 14.8. The molecule has 0 radical (unpaired) electrons. The number of ether oxygens (including phenoxy) is 4. The Hall–Kier alpha value is -4.70. The first-order chi connectivity index (χ1) is 27.1. The molecule has 1 N–H and O–H groups in total. The van der Waals surface area contributed by atoms with Crippen molar-refractivity contribution in [1.29, 1.82) is 0 Å². The number of nitrogens with zero attached hydrogens (tertiary/aromatic N) is 4. The highest BCUT2D eigenvalue weighted by molar-refractivity contribution is 5.80. The molecule has 0 aliphatic carbocycles. The van der Waals surface area contributed by atoms with Crippen molar-refractivity contribution in [3.8, 4) is 17.2 Å². The number of amides is 1. The largest absolute Gasteiger partial charge is 0.493 e. The van der Waals surface area contributed by atoms with E-state index in [9.17, 15) is 31.1 Å². The number of imidazole rings is 1. The van der Waals surface area contributed by atoms with E-state index in [1.807, 2.05) is 31.2 Å². The van der Waals surface area contributed by atoms with Gasteiger partial charge in [0.05, 0.1) is 50.1 Å². The predicted octanol–water partition coefficient (Wildman–Crippen LogP) is 8.06. The summed E-state index contributed by atoms with van der Waals surface area (Å²) in [4.78, 5) is 22.4. The third-order valence-corrected chi connectivity index (χ3v) is 10.9. The lowest BCUT2D eigenvalue weighted by atomic mass is 9.77. The van der Waals surface area contributed by atoms with Gasteiger partial charge in [-0.2, -0.15) is 26.3 Å². The number of hydrogen-bond acceptors (Lipinski definition) is 8. The van der Waals surface area contributed by atoms with E-state index in [1.54, 1.807) is 17.0 Å². The number of methoxy groups -OCH3 is 3. The fraction of sp³-hybridized carbons (Fsp3) is 0.512. The lowest BCUT2D eigenvalue weighted by Crippen LogP contribution is -2.42. The molecule has 2 saturated heterocycles. The van der Waals surface area contributed by atoms with E-state index in [0.29, 0.717) is 68.6 Å². The van der Waals surface area contributed by atoms with Gasteiger partial charge in [0.1, 0.15) is 0 Å². The van der Waals surface area contributed by atoms with Crippen LogP contribution in [0.4, 0.5) is 32.3 Å². The van der Waals surface area contributed by atoms with Gasteiger partial charge in [0.25, 0.3) is 0 Å². The smallest absolute Gasteiger partial charge is 0.416 e. The van der Waals surface area contributed by atoms with Gasteiger partial charge in [-0.15, -0.1) is 0 Å². The molecule has 0 bridgehead atoms. The highest BCUT2D eigenvalue weighted by Crippen LogP contribution is 2.44. The molecule has 1 atom stereocenters. The number of carbonyl (C=O) groups is 1. The lowest BCUT2D eigenvalue weighted by Gasteiger charge is -2.36. The summed E-state index contributed by atoms with van der Waals surface area (Å²) in [6.45, 7) is 5.94. The number of fused-ring (bicyclic) bond motifs is 1. The first kappa shape index (κ1) is 41.9. The van der Waals surface area contributed by atoms with Crippen molar-refractivity contribution in [2.45, 2.75) is 70.5 Å². The van der Waals surface area contributed by atoms with Gasteiger partial charge in [-0.3, -0.25) is 4.79 Å². The molecule has 2 aliphatic rings. The second-order valence-electron chi connectivity index (χ2n) is 14.8. The molecule has 4 aromatic rings. The monoisotopic (exact) mass is 805 g/mol. The molecule has 6 rings (SSSR count). The fourth-order valence-electron chi connectivity index (χ4n) is 8.09. The van der Waals surface area contributed by atoms with Gasteiger partial charge >= 0.3 is 12.4 Å². The molecule has 10 nitrogen and oxygen atoms in total. The van der Waals surface area contributed by atoms with Gasteiger partial charge in [0.15, 0.2) is 11.5 Å². The molecule has 1 amide bonds. The van der Waals surface area contributed by atoms with Crippen LogP contribution in [0.2, 0.25) is 0 Å². The van der Waals surface area contributed by atoms with Gasteiger partial charge in [-0.05, 0) is 92.7 Å². The van der Waals surface area contributed by atoms with Gasteiger partial charge in [0, 0.05) is 57.2 Å². The maximum absolute atomic E-state index is 13.9. The Morgan fingerprint density at radius 3 is 2.11 bits per heavy atom. The molecule has 0 saturated carbocycles. The van der Waals surface area contributed by atoms with Crippen LogP contribution in [0.15, 0.2) is 54.6 Å². The number of anilines is 1. The predicted molar refractivity (Wildman–Crippen MR) is 203 cm³/mol. The molecule has 310 valence electrons. The van der Waals surface area contributed by atoms with Crippen molar-refractivity contribution in [1.82, 2.24) is 19.4 Å². The average Bonchev–Trinajstić information content (AvgIpc) is 3.68. The lowest BCUT2D eigenvalue weighted by molar-refractivity contribution is -0.143. The number of hydrogen-bond donors (Lipinski definition) is 1. The summed E-state index contributed by atoms with van der Waals surface area (Å²) in [5, 5.41) is 3.63. The van der Waals surface area contributed by atoms with Crippen molar-refractivity contribution in [2.75, 3.05) is 66.0 Å². The van der Waals surface area contributed by atoms with Crippen molar-refractivity contribution in [3.05, 3.63) is 76.9 Å². The van der Waals surface area contributed by atoms with Gasteiger partial charge in [0.2, 0.25) is 17.6 Å². The maximum atomic E-state index is 13.9. The highest BCUT2D eigenvalue weighted by Gasteiger charge is 2.45. The number of para-hydroxylation sites is 2. The van der Waals surface area contributed by atoms with E-state index >= 15 is 0 Å². The SMILES string of the molecule is CCOCCn1c(NC2CCN(CCC3(Cc4cc(C(F)(F)F)cc(C(F)(F)F)c4)CC(=O)N(Cc4cc(OC)c(OC)c(OC)c4)C3)CC2)nc2ccccc21. The topological polar surface area (TPSA) is 90.3 Å². The van der Waals surface area contributed by atoms with Crippen LogP contribution >= 0.6 is 0 Å². The number of piperidine rings is 1. The summed E-state index contributed by atoms with van der Waals surface area (Å²) in [6, 6.07) is 13.2. The number of nitrogens with one attached hydrogen (secondary N) is 1. The minimum atomic E-state index is -4.99. The van der Waals surface area contributed by atoms with Crippen molar-refractivity contribution in [2.24, 2.45) is 5.41 Å². The van der Waals surface area contributed by atoms with E-state index in [4.69, 9.17) is 23.9 Å². The van der Waals surface area contributed by atoms with Gasteiger partial charge in [-0.1, -0.05) is 12.1 Å². The van der Waals surface area contributed by atoms with E-state index in [0.717, 1.165) is 42.0 Å². The molecule has 3 heterocycles. The maximum Gasteiger partial charge on any atom is 0.416 e. The molecular formula is C41H49F6N5O5. The quantitative estimate of drug-likeness (QED) is 0.0900. The zero-order valence-electron chi connectivity index (χ0n) is 32.6. The van der Waals surface area contributed by atoms with E-state index in [2.05, 4.69) is 14.8 Å². The zero-order valence-corrected chi connectivity index (χ0v) is 32.6. The Kier molecular flexibility index (Phi) is 12.8. The van der Waals surface area contributed by atoms with Crippen LogP contribution in [-0.4, -0.2) is 92.0 Å². The van der Waals surface area contributed by atoms with Crippen LogP contribution in [0.5, 0.6) is 17.2 Å². The van der Waals surface area contributed by atoms with Gasteiger partial charge in [-0.25, -0.2) is 4.98 Å². The summed E-state index contributed by atoms with van der Waals surface area (Å²) in [7, 11) is 4.41. The molecule has 2 fully saturated rings. The summed E-state index contributed by atoms with van der Waals surface area (Å²) in [5.74, 6) is 1.66. The molecule has 2 aliphatic heterocycles. The first-order valence-corrected chi connectivity index (χ1v) is 19.0. The van der Waals surface area contributed by atoms with E-state index in [1.165, 1.54) is 21.3 Å². The minimum absolute atomic E-state index is 0.0367. The molecule has 0 spiro atoms. The number of halogens is 6. The van der Waals surface area contributed by atoms with Crippen LogP contribution in [0.3, 0.4) is 0 Å². The number of likely N-dealkylation sites (tertiary alicyclic amines) is 2. The Labute approximate surface area is 328 Å². The molecule has 1 unspecified atom stereocenters. The summed E-state index contributed by atoms with van der Waals surface area (Å²) < 4.78 is 108. The minimum Gasteiger partial charge on any atom is -0.493 e. The number of aromatic nitrogens is 2. The van der Waals surface area contributed by atoms with Crippen LogP contribution in [0.25, 0.3) is 11.0 Å². The van der Waals surface area contributed by atoms with E-state index < -0.39 is 28.9 Å². The fourth-order valence-corrected chi connectivity index (χ4v) is 8.09. The zero-order chi connectivity index (χ0) is 41.0. The standard InChI is InChI=1S/C41H49F6N5O5/c1-5-57-17-16-52-33-9-7-6-8-32(33)49-38(52)48-31-10-13-50(14-11-31)15-12-39(23-27-18-29(40(42,43)44)22-30(19-27)41(45,46)47)24-36(53)51(26-39)25-28-20-34(54-2)37(56-4)35(21-28)55-3/h6-9,18-22,31H,5,10-17,23-26H2,1-4H3,(H,48,49). The van der Waals surface area contributed by atoms with E-state index in [-0.39, 0.29) is 49.5 Å². The van der Waals surface area contributed by atoms with Crippen LogP contribution in [0, 0.1) is 5.41 Å². The number of alkyl halides is 6. The first-order valence-electron chi connectivity index (χ1n) is 19.0. The molecular weight excluding hydrogens is 756 g/mol. The summed E-state index contributed by atoms with van der Waals surface area (Å²) >= 11 is 0. The Balaban J connectivity index is 1.20. The van der Waals surface area contributed by atoms with Crippen molar-refractivity contribution < 1.29 is 50.1 Å².